The standard InChI is InChI=1S/C24H21N3O4/c25-12-16-5-1-4-8-22(16)30-15-19-9-10-23(31-19)24(29)27-18(14-28)11-17-13-26-21-7-3-2-6-20(17)21/h1-10,13,18,26,28H,11,14-15H2,(H,27,29)/t18-/m1/s1. The molecule has 3 N–H and O–H groups in total. The molecule has 0 saturated carbocycles. The molecule has 7 nitrogen and oxygen atoms in total. The number of carbonyl (C=O) groups is 1. The molecular weight excluding hydrogens is 394 g/mol. The van der Waals surface area contributed by atoms with Crippen LogP contribution in [-0.2, 0) is 13.0 Å². The van der Waals surface area contributed by atoms with Crippen molar-refractivity contribution in [3.63, 3.8) is 0 Å². The first-order valence-electron chi connectivity index (χ1n) is 9.85. The Hall–Kier alpha value is -4.02. The number of H-pyrrole nitrogens is 1. The lowest BCUT2D eigenvalue weighted by molar-refractivity contribution is 0.0884. The predicted molar refractivity (Wildman–Crippen MR) is 115 cm³/mol. The number of carbonyl (C=O) groups excluding carboxylic acids is 1. The van der Waals surface area contributed by atoms with Gasteiger partial charge in [0.25, 0.3) is 5.91 Å². The fourth-order valence-electron chi connectivity index (χ4n) is 3.39. The number of hydrogen-bond acceptors (Lipinski definition) is 5. The van der Waals surface area contributed by atoms with Crippen LogP contribution in [0.15, 0.2) is 71.3 Å². The van der Waals surface area contributed by atoms with E-state index in [2.05, 4.69) is 16.4 Å². The third-order valence-corrected chi connectivity index (χ3v) is 4.96. The lowest BCUT2D eigenvalue weighted by Gasteiger charge is -2.15. The number of nitrogens with one attached hydrogen (secondary N) is 2. The van der Waals surface area contributed by atoms with E-state index in [1.807, 2.05) is 30.5 Å². The minimum Gasteiger partial charge on any atom is -0.484 e. The van der Waals surface area contributed by atoms with E-state index in [0.717, 1.165) is 16.5 Å². The highest BCUT2D eigenvalue weighted by Gasteiger charge is 2.18. The fraction of sp³-hybridized carbons (Fsp3) is 0.167. The number of furan rings is 1. The number of fused-ring (bicyclic) bond motifs is 1. The monoisotopic (exact) mass is 415 g/mol. The van der Waals surface area contributed by atoms with Crippen LogP contribution in [0.5, 0.6) is 5.75 Å². The van der Waals surface area contributed by atoms with E-state index in [-0.39, 0.29) is 19.0 Å². The Kier molecular flexibility index (Phi) is 6.01. The molecule has 4 rings (SSSR count). The molecule has 0 radical (unpaired) electrons. The maximum absolute atomic E-state index is 12.6. The van der Waals surface area contributed by atoms with E-state index in [4.69, 9.17) is 14.4 Å². The van der Waals surface area contributed by atoms with Gasteiger partial charge in [0, 0.05) is 17.1 Å². The lowest BCUT2D eigenvalue weighted by Crippen LogP contribution is -2.38. The van der Waals surface area contributed by atoms with Crippen molar-refractivity contribution in [1.82, 2.24) is 10.3 Å². The van der Waals surface area contributed by atoms with Crippen molar-refractivity contribution >= 4 is 16.8 Å². The molecule has 0 aliphatic heterocycles. The summed E-state index contributed by atoms with van der Waals surface area (Å²) in [6.07, 6.45) is 2.37. The quantitative estimate of drug-likeness (QED) is 0.408. The molecule has 0 unspecified atom stereocenters. The highest BCUT2D eigenvalue weighted by molar-refractivity contribution is 5.91. The molecule has 156 valence electrons. The Bertz CT molecular complexity index is 1230. The maximum Gasteiger partial charge on any atom is 0.287 e. The van der Waals surface area contributed by atoms with Crippen LogP contribution in [0.1, 0.15) is 27.4 Å². The molecule has 1 amide bonds. The van der Waals surface area contributed by atoms with Crippen molar-refractivity contribution in [2.75, 3.05) is 6.61 Å². The fourth-order valence-corrected chi connectivity index (χ4v) is 3.39. The predicted octanol–water partition coefficient (Wildman–Crippen LogP) is 3.54. The summed E-state index contributed by atoms with van der Waals surface area (Å²) >= 11 is 0. The Balaban J connectivity index is 1.38. The first-order chi connectivity index (χ1) is 15.2. The molecule has 2 aromatic heterocycles. The number of aliphatic hydroxyl groups is 1. The number of nitriles is 1. The molecule has 0 aliphatic carbocycles. The molecule has 0 fully saturated rings. The molecule has 0 bridgehead atoms. The molecule has 4 aromatic rings. The van der Waals surface area contributed by atoms with Gasteiger partial charge in [-0.2, -0.15) is 5.26 Å². The van der Waals surface area contributed by atoms with Gasteiger partial charge >= 0.3 is 0 Å². The topological polar surface area (TPSA) is 111 Å². The van der Waals surface area contributed by atoms with Crippen molar-refractivity contribution in [1.29, 1.82) is 5.26 Å². The summed E-state index contributed by atoms with van der Waals surface area (Å²) in [5.41, 5.74) is 2.45. The third-order valence-electron chi connectivity index (χ3n) is 4.96. The largest absolute Gasteiger partial charge is 0.484 e. The van der Waals surface area contributed by atoms with Crippen molar-refractivity contribution in [2.45, 2.75) is 19.1 Å². The van der Waals surface area contributed by atoms with E-state index in [9.17, 15) is 9.90 Å². The molecule has 31 heavy (non-hydrogen) atoms. The SMILES string of the molecule is N#Cc1ccccc1OCc1ccc(C(=O)N[C@@H](CO)Cc2c[nH]c3ccccc23)o1. The number of ether oxygens (including phenoxy) is 1. The number of benzene rings is 2. The van der Waals surface area contributed by atoms with Crippen LogP contribution in [0.2, 0.25) is 0 Å². The van der Waals surface area contributed by atoms with Gasteiger partial charge in [0.2, 0.25) is 0 Å². The first kappa shape index (κ1) is 20.3. The van der Waals surface area contributed by atoms with Crippen molar-refractivity contribution in [2.24, 2.45) is 0 Å². The number of aliphatic hydroxyl groups excluding tert-OH is 1. The summed E-state index contributed by atoms with van der Waals surface area (Å²) in [5.74, 6) is 0.619. The van der Waals surface area contributed by atoms with Crippen LogP contribution in [0, 0.1) is 11.3 Å². The highest BCUT2D eigenvalue weighted by atomic mass is 16.5. The van der Waals surface area contributed by atoms with Crippen molar-refractivity contribution in [3.05, 3.63) is 89.5 Å². The first-order valence-corrected chi connectivity index (χ1v) is 9.85. The third kappa shape index (κ3) is 4.60. The molecule has 0 spiro atoms. The second-order valence-electron chi connectivity index (χ2n) is 7.08. The maximum atomic E-state index is 12.6. The zero-order chi connectivity index (χ0) is 21.6. The highest BCUT2D eigenvalue weighted by Crippen LogP contribution is 2.20. The summed E-state index contributed by atoms with van der Waals surface area (Å²) in [5, 5.41) is 22.7. The minimum absolute atomic E-state index is 0.0880. The number of amides is 1. The zero-order valence-corrected chi connectivity index (χ0v) is 16.7. The van der Waals surface area contributed by atoms with E-state index in [1.165, 1.54) is 0 Å². The summed E-state index contributed by atoms with van der Waals surface area (Å²) in [7, 11) is 0. The Morgan fingerprint density at radius 3 is 2.81 bits per heavy atom. The molecule has 0 saturated heterocycles. The summed E-state index contributed by atoms with van der Waals surface area (Å²) in [6, 6.07) is 19.6. The van der Waals surface area contributed by atoms with Crippen LogP contribution >= 0.6 is 0 Å². The normalized spacial score (nSPS) is 11.7. The van der Waals surface area contributed by atoms with Crippen LogP contribution < -0.4 is 10.1 Å². The number of rotatable bonds is 8. The Labute approximate surface area is 178 Å². The van der Waals surface area contributed by atoms with Gasteiger partial charge in [0.1, 0.15) is 24.2 Å². The molecule has 2 heterocycles. The van der Waals surface area contributed by atoms with Gasteiger partial charge in [-0.1, -0.05) is 30.3 Å². The van der Waals surface area contributed by atoms with Crippen molar-refractivity contribution in [3.8, 4) is 11.8 Å². The lowest BCUT2D eigenvalue weighted by atomic mass is 10.1. The second kappa shape index (κ2) is 9.20. The Morgan fingerprint density at radius 2 is 1.97 bits per heavy atom. The molecule has 2 aromatic carbocycles. The number of hydrogen-bond donors (Lipinski definition) is 3. The van der Waals surface area contributed by atoms with Gasteiger partial charge in [-0.05, 0) is 42.3 Å². The van der Waals surface area contributed by atoms with Crippen LogP contribution in [0.3, 0.4) is 0 Å². The number of nitrogens with zero attached hydrogens (tertiary/aromatic N) is 1. The van der Waals surface area contributed by atoms with E-state index < -0.39 is 11.9 Å². The summed E-state index contributed by atoms with van der Waals surface area (Å²) in [6.45, 7) is -0.113. The molecule has 0 aliphatic rings. The van der Waals surface area contributed by atoms with Gasteiger partial charge < -0.3 is 24.6 Å². The van der Waals surface area contributed by atoms with Crippen LogP contribution in [-0.4, -0.2) is 28.6 Å². The molecular formula is C24H21N3O4. The smallest absolute Gasteiger partial charge is 0.287 e. The number of aromatic amines is 1. The average Bonchev–Trinajstić information content (AvgIpc) is 3.45. The van der Waals surface area contributed by atoms with Gasteiger partial charge in [0.05, 0.1) is 18.2 Å². The summed E-state index contributed by atoms with van der Waals surface area (Å²) < 4.78 is 11.2. The summed E-state index contributed by atoms with van der Waals surface area (Å²) in [4.78, 5) is 15.8. The van der Waals surface area contributed by atoms with Gasteiger partial charge in [-0.15, -0.1) is 0 Å². The van der Waals surface area contributed by atoms with Gasteiger partial charge in [-0.3, -0.25) is 4.79 Å². The minimum atomic E-state index is -0.459. The molecule has 7 heteroatoms. The van der Waals surface area contributed by atoms with E-state index in [1.54, 1.807) is 36.4 Å². The van der Waals surface area contributed by atoms with Crippen LogP contribution in [0.25, 0.3) is 10.9 Å². The van der Waals surface area contributed by atoms with Gasteiger partial charge in [0.15, 0.2) is 5.76 Å². The van der Waals surface area contributed by atoms with Crippen molar-refractivity contribution < 1.29 is 19.1 Å². The van der Waals surface area contributed by atoms with Gasteiger partial charge in [-0.25, -0.2) is 0 Å². The number of aromatic nitrogens is 1. The zero-order valence-electron chi connectivity index (χ0n) is 16.7. The average molecular weight is 415 g/mol. The number of para-hydroxylation sites is 2. The van der Waals surface area contributed by atoms with Crippen LogP contribution in [0.4, 0.5) is 0 Å². The second-order valence-corrected chi connectivity index (χ2v) is 7.08. The van der Waals surface area contributed by atoms with E-state index in [0.29, 0.717) is 23.5 Å². The van der Waals surface area contributed by atoms with E-state index >= 15 is 0 Å². The molecule has 1 atom stereocenters. The Morgan fingerprint density at radius 1 is 1.16 bits per heavy atom.